The number of carbonyl (C=O) groups is 1. The summed E-state index contributed by atoms with van der Waals surface area (Å²) in [5, 5.41) is 10.7. The molecule has 0 unspecified atom stereocenters. The third-order valence-electron chi connectivity index (χ3n) is 5.70. The van der Waals surface area contributed by atoms with Crippen LogP contribution >= 0.6 is 0 Å². The molecule has 1 saturated heterocycles. The minimum Gasteiger partial charge on any atom is -0.497 e. The van der Waals surface area contributed by atoms with E-state index >= 15 is 0 Å². The molecule has 0 aliphatic carbocycles. The van der Waals surface area contributed by atoms with E-state index in [0.29, 0.717) is 18.8 Å². The van der Waals surface area contributed by atoms with Crippen molar-refractivity contribution >= 4 is 17.5 Å². The van der Waals surface area contributed by atoms with E-state index in [9.17, 15) is 4.79 Å². The third-order valence-corrected chi connectivity index (χ3v) is 5.70. The zero-order chi connectivity index (χ0) is 23.2. The number of amides is 1. The monoisotopic (exact) mass is 449 g/mol. The van der Waals surface area contributed by atoms with E-state index in [1.165, 1.54) is 19.3 Å². The Labute approximate surface area is 194 Å². The van der Waals surface area contributed by atoms with Crippen LogP contribution in [0.25, 0.3) is 11.3 Å². The topological polar surface area (TPSA) is 97.2 Å². The number of carbonyl (C=O) groups excluding carboxylic acids is 1. The lowest BCUT2D eigenvalue weighted by Gasteiger charge is -2.28. The second kappa shape index (κ2) is 10.3. The molecule has 1 aliphatic rings. The van der Waals surface area contributed by atoms with Gasteiger partial charge in [0, 0.05) is 44.9 Å². The predicted octanol–water partition coefficient (Wildman–Crippen LogP) is 3.03. The van der Waals surface area contributed by atoms with Crippen LogP contribution in [-0.2, 0) is 7.05 Å². The molecule has 2 N–H and O–H groups in total. The molecule has 0 saturated carbocycles. The molecule has 9 heteroatoms. The molecular formula is C24H31N7O2. The molecule has 0 radical (unpaired) electrons. The van der Waals surface area contributed by atoms with E-state index in [0.717, 1.165) is 47.6 Å². The minimum absolute atomic E-state index is 0.172. The van der Waals surface area contributed by atoms with Crippen LogP contribution in [0.15, 0.2) is 36.4 Å². The summed E-state index contributed by atoms with van der Waals surface area (Å²) >= 11 is 0. The fraction of sp³-hybridized carbons (Fsp3) is 0.417. The van der Waals surface area contributed by atoms with Gasteiger partial charge in [0.25, 0.3) is 5.91 Å². The molecule has 9 nitrogen and oxygen atoms in total. The Morgan fingerprint density at radius 1 is 1.09 bits per heavy atom. The van der Waals surface area contributed by atoms with Crippen LogP contribution in [-0.4, -0.2) is 58.9 Å². The molecule has 3 aromatic rings. The molecule has 1 aromatic carbocycles. The maximum absolute atomic E-state index is 12.7. The molecule has 1 aliphatic heterocycles. The van der Waals surface area contributed by atoms with Gasteiger partial charge in [0.15, 0.2) is 0 Å². The van der Waals surface area contributed by atoms with Crippen LogP contribution in [0, 0.1) is 6.92 Å². The number of methoxy groups -OCH3 is 1. The van der Waals surface area contributed by atoms with Crippen LogP contribution in [0.2, 0.25) is 0 Å². The van der Waals surface area contributed by atoms with Crippen molar-refractivity contribution in [3.05, 3.63) is 47.9 Å². The number of hydrogen-bond acceptors (Lipinski definition) is 7. The Hall–Kier alpha value is -3.62. The van der Waals surface area contributed by atoms with Gasteiger partial charge in [0.1, 0.15) is 28.9 Å². The van der Waals surface area contributed by atoms with Crippen LogP contribution in [0.1, 0.15) is 35.6 Å². The van der Waals surface area contributed by atoms with Crippen molar-refractivity contribution < 1.29 is 9.53 Å². The molecule has 0 atom stereocenters. The summed E-state index contributed by atoms with van der Waals surface area (Å²) in [6.45, 7) is 4.99. The Morgan fingerprint density at radius 3 is 2.70 bits per heavy atom. The Kier molecular flexibility index (Phi) is 7.07. The molecule has 0 spiro atoms. The van der Waals surface area contributed by atoms with Crippen molar-refractivity contribution in [1.82, 2.24) is 25.1 Å². The first-order valence-electron chi connectivity index (χ1n) is 11.3. The van der Waals surface area contributed by atoms with Gasteiger partial charge in [-0.15, -0.1) is 0 Å². The molecule has 33 heavy (non-hydrogen) atoms. The first kappa shape index (κ1) is 22.6. The predicted molar refractivity (Wildman–Crippen MR) is 129 cm³/mol. The number of piperidine rings is 1. The van der Waals surface area contributed by atoms with Crippen molar-refractivity contribution in [3.8, 4) is 17.0 Å². The van der Waals surface area contributed by atoms with Gasteiger partial charge in [-0.2, -0.15) is 5.10 Å². The van der Waals surface area contributed by atoms with E-state index < -0.39 is 0 Å². The highest BCUT2D eigenvalue weighted by atomic mass is 16.5. The first-order chi connectivity index (χ1) is 16.0. The van der Waals surface area contributed by atoms with Crippen LogP contribution < -0.4 is 20.3 Å². The Balaban J connectivity index is 1.33. The minimum atomic E-state index is -0.172. The number of anilines is 2. The summed E-state index contributed by atoms with van der Waals surface area (Å²) in [6, 6.07) is 11.4. The van der Waals surface area contributed by atoms with Crippen LogP contribution in [0.3, 0.4) is 0 Å². The number of rotatable bonds is 8. The summed E-state index contributed by atoms with van der Waals surface area (Å²) in [5.74, 6) is 3.06. The number of nitrogens with one attached hydrogen (secondary N) is 2. The Bertz CT molecular complexity index is 1110. The van der Waals surface area contributed by atoms with Crippen molar-refractivity contribution in [2.75, 3.05) is 43.5 Å². The van der Waals surface area contributed by atoms with Crippen molar-refractivity contribution in [1.29, 1.82) is 0 Å². The average Bonchev–Trinajstić information content (AvgIpc) is 3.23. The molecule has 174 valence electrons. The molecule has 1 fully saturated rings. The lowest BCUT2D eigenvalue weighted by molar-refractivity contribution is 0.0946. The quantitative estimate of drug-likeness (QED) is 0.510. The normalized spacial score (nSPS) is 13.6. The number of aromatic nitrogens is 4. The zero-order valence-corrected chi connectivity index (χ0v) is 19.5. The van der Waals surface area contributed by atoms with E-state index in [1.807, 2.05) is 37.3 Å². The lowest BCUT2D eigenvalue weighted by atomic mass is 10.1. The van der Waals surface area contributed by atoms with Gasteiger partial charge >= 0.3 is 0 Å². The van der Waals surface area contributed by atoms with Crippen molar-refractivity contribution in [2.24, 2.45) is 7.05 Å². The fourth-order valence-corrected chi connectivity index (χ4v) is 3.99. The van der Waals surface area contributed by atoms with E-state index in [1.54, 1.807) is 24.9 Å². The van der Waals surface area contributed by atoms with Crippen molar-refractivity contribution in [2.45, 2.75) is 26.2 Å². The van der Waals surface area contributed by atoms with Gasteiger partial charge in [-0.3, -0.25) is 9.48 Å². The smallest absolute Gasteiger partial charge is 0.269 e. The maximum atomic E-state index is 12.7. The average molecular weight is 450 g/mol. The number of nitrogens with zero attached hydrogens (tertiary/aromatic N) is 5. The zero-order valence-electron chi connectivity index (χ0n) is 19.5. The largest absolute Gasteiger partial charge is 0.497 e. The maximum Gasteiger partial charge on any atom is 0.269 e. The molecule has 0 bridgehead atoms. The summed E-state index contributed by atoms with van der Waals surface area (Å²) in [7, 11) is 3.39. The summed E-state index contributed by atoms with van der Waals surface area (Å²) < 4.78 is 6.87. The first-order valence-corrected chi connectivity index (χ1v) is 11.3. The van der Waals surface area contributed by atoms with E-state index in [2.05, 4.69) is 30.6 Å². The highest BCUT2D eigenvalue weighted by Crippen LogP contribution is 2.23. The van der Waals surface area contributed by atoms with Gasteiger partial charge in [-0.1, -0.05) is 12.1 Å². The highest BCUT2D eigenvalue weighted by molar-refractivity contribution is 5.93. The SMILES string of the molecule is COc1cccc(-c2cc(C(=O)NCCNc3cc(N4CCCCC4)nc(C)n3)n(C)n2)c1. The van der Waals surface area contributed by atoms with Crippen molar-refractivity contribution in [3.63, 3.8) is 0 Å². The second-order valence-electron chi connectivity index (χ2n) is 8.16. The van der Waals surface area contributed by atoms with Gasteiger partial charge in [-0.05, 0) is 44.4 Å². The van der Waals surface area contributed by atoms with E-state index in [-0.39, 0.29) is 5.91 Å². The van der Waals surface area contributed by atoms with Crippen LogP contribution in [0.5, 0.6) is 5.75 Å². The van der Waals surface area contributed by atoms with Gasteiger partial charge in [0.05, 0.1) is 12.8 Å². The number of benzene rings is 1. The lowest BCUT2D eigenvalue weighted by Crippen LogP contribution is -2.31. The highest BCUT2D eigenvalue weighted by Gasteiger charge is 2.15. The number of aryl methyl sites for hydroxylation is 2. The van der Waals surface area contributed by atoms with Crippen LogP contribution in [0.4, 0.5) is 11.6 Å². The third kappa shape index (κ3) is 5.60. The number of hydrogen-bond donors (Lipinski definition) is 2. The summed E-state index contributed by atoms with van der Waals surface area (Å²) in [4.78, 5) is 24.1. The standard InChI is InChI=1S/C24H31N7O2/c1-17-27-22(16-23(28-17)31-12-5-4-6-13-31)25-10-11-26-24(32)21-15-20(29-30(21)2)18-8-7-9-19(14-18)33-3/h7-9,14-16H,4-6,10-13H2,1-3H3,(H,26,32)(H,25,27,28). The van der Waals surface area contributed by atoms with E-state index in [4.69, 9.17) is 4.74 Å². The van der Waals surface area contributed by atoms with Gasteiger partial charge < -0.3 is 20.3 Å². The summed E-state index contributed by atoms with van der Waals surface area (Å²) in [5.41, 5.74) is 2.12. The molecule has 2 aromatic heterocycles. The fourth-order valence-electron chi connectivity index (χ4n) is 3.99. The summed E-state index contributed by atoms with van der Waals surface area (Å²) in [6.07, 6.45) is 3.68. The number of ether oxygens (including phenoxy) is 1. The Morgan fingerprint density at radius 2 is 1.91 bits per heavy atom. The molecule has 3 heterocycles. The molecule has 1 amide bonds. The van der Waals surface area contributed by atoms with Gasteiger partial charge in [0.2, 0.25) is 0 Å². The second-order valence-corrected chi connectivity index (χ2v) is 8.16. The molecule has 4 rings (SSSR count). The molecular weight excluding hydrogens is 418 g/mol. The van der Waals surface area contributed by atoms with Gasteiger partial charge in [-0.25, -0.2) is 9.97 Å².